The van der Waals surface area contributed by atoms with Crippen molar-refractivity contribution >= 4 is 17.6 Å². The Labute approximate surface area is 260 Å². The average molecular weight is 632 g/mol. The number of hydrogen-bond acceptors (Lipinski definition) is 5. The zero-order chi connectivity index (χ0) is 32.2. The van der Waals surface area contributed by atoms with E-state index in [2.05, 4.69) is 10.6 Å². The Morgan fingerprint density at radius 2 is 1.60 bits per heavy atom. The minimum Gasteiger partial charge on any atom is -0.481 e. The number of alkyl halides is 3. The van der Waals surface area contributed by atoms with Crippen molar-refractivity contribution in [3.63, 3.8) is 0 Å². The van der Waals surface area contributed by atoms with E-state index in [9.17, 15) is 33.0 Å². The van der Waals surface area contributed by atoms with E-state index in [4.69, 9.17) is 0 Å². The van der Waals surface area contributed by atoms with Crippen molar-refractivity contribution in [2.24, 2.45) is 5.41 Å². The number of rotatable bonds is 5. The zero-order valence-corrected chi connectivity index (χ0v) is 25.4. The molecule has 7 rings (SSSR count). The van der Waals surface area contributed by atoms with Crippen molar-refractivity contribution in [2.45, 2.75) is 113 Å². The highest BCUT2D eigenvalue weighted by atomic mass is 19.4. The van der Waals surface area contributed by atoms with Crippen LogP contribution in [0.1, 0.15) is 100 Å². The number of nitrogens with zero attached hydrogens (tertiary/aromatic N) is 1. The molecule has 1 spiro atoms. The second kappa shape index (κ2) is 11.6. The van der Waals surface area contributed by atoms with Crippen LogP contribution in [0.15, 0.2) is 42.5 Å². The van der Waals surface area contributed by atoms with Crippen LogP contribution in [0.5, 0.6) is 0 Å². The van der Waals surface area contributed by atoms with Crippen molar-refractivity contribution < 1.29 is 37.4 Å². The number of nitrogens with one attached hydrogen (secondary N) is 2. The third kappa shape index (κ3) is 5.29. The molecule has 7 nitrogen and oxygen atoms in total. The summed E-state index contributed by atoms with van der Waals surface area (Å²) in [7, 11) is 0. The predicted molar refractivity (Wildman–Crippen MR) is 160 cm³/mol. The van der Waals surface area contributed by atoms with Gasteiger partial charge in [-0.25, -0.2) is 4.39 Å². The number of hydrogen-bond donors (Lipinski definition) is 4. The summed E-state index contributed by atoms with van der Waals surface area (Å²) in [5.41, 5.74) is -2.51. The van der Waals surface area contributed by atoms with Crippen LogP contribution in [-0.2, 0) is 21.3 Å². The number of fused-ring (bicyclic) bond motifs is 5. The molecule has 1 heterocycles. The van der Waals surface area contributed by atoms with Gasteiger partial charge in [-0.2, -0.15) is 13.2 Å². The molecular formula is C34H41F4N3O4. The van der Waals surface area contributed by atoms with Crippen LogP contribution in [0.2, 0.25) is 0 Å². The molecule has 5 aliphatic rings. The number of anilines is 1. The lowest BCUT2D eigenvalue weighted by Gasteiger charge is -2.55. The van der Waals surface area contributed by atoms with E-state index in [1.165, 1.54) is 6.07 Å². The molecule has 2 bridgehead atoms. The first-order chi connectivity index (χ1) is 21.4. The van der Waals surface area contributed by atoms with Crippen LogP contribution in [-0.4, -0.2) is 51.3 Å². The fraction of sp³-hybridized carbons (Fsp3) is 0.588. The topological polar surface area (TPSA) is 102 Å². The van der Waals surface area contributed by atoms with Crippen LogP contribution in [0.25, 0.3) is 0 Å². The molecule has 0 radical (unpaired) electrons. The molecule has 4 saturated carbocycles. The molecule has 0 saturated heterocycles. The fourth-order valence-electron chi connectivity index (χ4n) is 8.94. The van der Waals surface area contributed by atoms with E-state index in [1.807, 2.05) is 24.0 Å². The lowest BCUT2D eigenvalue weighted by molar-refractivity contribution is -0.157. The minimum absolute atomic E-state index is 0.325. The first-order valence-electron chi connectivity index (χ1n) is 16.1. The Hall–Kier alpha value is -3.18. The lowest BCUT2D eigenvalue weighted by Crippen LogP contribution is -2.66. The molecule has 1 aliphatic heterocycles. The molecule has 3 atom stereocenters. The number of halogens is 4. The van der Waals surface area contributed by atoms with Crippen LogP contribution in [0.3, 0.4) is 0 Å². The Morgan fingerprint density at radius 1 is 0.956 bits per heavy atom. The van der Waals surface area contributed by atoms with Crippen molar-refractivity contribution in [1.82, 2.24) is 10.2 Å². The van der Waals surface area contributed by atoms with Gasteiger partial charge in [0, 0.05) is 16.8 Å². The van der Waals surface area contributed by atoms with Crippen molar-refractivity contribution in [3.8, 4) is 0 Å². The second-order valence-electron chi connectivity index (χ2n) is 13.5. The standard InChI is InChI=1S/C34H41F4N3O4/c1-2-41-27(29(43)40-32-18-15-31(16-19-32,17-20-32)30(44)45)25(21-9-8-11-23(26(21)35)34(36,37)38)28(42)39-24-12-5-4-10-22(24)33(41)13-6-3-7-14-33/h4-5,8-12,25,27-28,39,42H,2-3,6-7,13-20H2,1H3,(H,40,43)(H,44,45)/t25-,27+,28?,31?,32?/m0/s1. The van der Waals surface area contributed by atoms with Crippen LogP contribution in [0.4, 0.5) is 23.2 Å². The van der Waals surface area contributed by atoms with Gasteiger partial charge in [0.05, 0.1) is 16.9 Å². The van der Waals surface area contributed by atoms with Gasteiger partial charge in [-0.3, -0.25) is 14.5 Å². The Kier molecular flexibility index (Phi) is 8.17. The highest BCUT2D eigenvalue weighted by Gasteiger charge is 2.56. The minimum atomic E-state index is -4.97. The molecule has 1 amide bonds. The fourth-order valence-corrected chi connectivity index (χ4v) is 8.94. The molecule has 11 heteroatoms. The number of aliphatic hydroxyl groups excluding tert-OH is 1. The van der Waals surface area contributed by atoms with Crippen LogP contribution < -0.4 is 10.6 Å². The lowest BCUT2D eigenvalue weighted by atomic mass is 9.57. The summed E-state index contributed by atoms with van der Waals surface area (Å²) in [5, 5.41) is 28.0. The molecule has 0 aromatic heterocycles. The van der Waals surface area contributed by atoms with Gasteiger partial charge in [0.1, 0.15) is 18.1 Å². The monoisotopic (exact) mass is 631 g/mol. The van der Waals surface area contributed by atoms with E-state index in [1.54, 1.807) is 12.1 Å². The van der Waals surface area contributed by atoms with Crippen LogP contribution in [0, 0.1) is 11.2 Å². The van der Waals surface area contributed by atoms with Gasteiger partial charge in [0.2, 0.25) is 5.91 Å². The molecule has 4 N–H and O–H groups in total. The van der Waals surface area contributed by atoms with E-state index in [0.717, 1.165) is 30.9 Å². The molecule has 4 fully saturated rings. The summed E-state index contributed by atoms with van der Waals surface area (Å²) in [5.74, 6) is -4.22. The SMILES string of the molecule is CCN1[C@@H](C(=O)NC23CCC(C(=O)O)(CC2)CC3)[C@H](c2cccc(C(F)(F)F)c2F)C(O)Nc2ccccc2C12CCCCC2. The summed E-state index contributed by atoms with van der Waals surface area (Å²) in [6.45, 7) is 2.21. The van der Waals surface area contributed by atoms with E-state index < -0.39 is 64.1 Å². The van der Waals surface area contributed by atoms with E-state index >= 15 is 4.39 Å². The van der Waals surface area contributed by atoms with Crippen LogP contribution >= 0.6 is 0 Å². The second-order valence-corrected chi connectivity index (χ2v) is 13.5. The number of benzene rings is 2. The molecule has 4 aliphatic carbocycles. The first kappa shape index (κ1) is 31.8. The third-order valence-electron chi connectivity index (χ3n) is 11.4. The molecule has 1 unspecified atom stereocenters. The summed E-state index contributed by atoms with van der Waals surface area (Å²) >= 11 is 0. The Bertz CT molecular complexity index is 1430. The number of carbonyl (C=O) groups excluding carboxylic acids is 1. The maximum atomic E-state index is 16.0. The van der Waals surface area contributed by atoms with Gasteiger partial charge >= 0.3 is 12.1 Å². The molecule has 2 aromatic carbocycles. The zero-order valence-electron chi connectivity index (χ0n) is 25.4. The first-order valence-corrected chi connectivity index (χ1v) is 16.1. The van der Waals surface area contributed by atoms with Gasteiger partial charge in [-0.15, -0.1) is 0 Å². The quantitative estimate of drug-likeness (QED) is 0.281. The highest BCUT2D eigenvalue weighted by Crippen LogP contribution is 2.54. The number of carboxylic acids is 1. The van der Waals surface area contributed by atoms with Crippen molar-refractivity contribution in [1.29, 1.82) is 0 Å². The summed E-state index contributed by atoms with van der Waals surface area (Å²) in [6, 6.07) is 9.27. The Morgan fingerprint density at radius 3 is 2.20 bits per heavy atom. The largest absolute Gasteiger partial charge is 0.481 e. The average Bonchev–Trinajstić information content (AvgIpc) is 3.01. The third-order valence-corrected chi connectivity index (χ3v) is 11.4. The number of para-hydroxylation sites is 1. The molecular weight excluding hydrogens is 590 g/mol. The smallest absolute Gasteiger partial charge is 0.419 e. The Balaban J connectivity index is 1.50. The van der Waals surface area contributed by atoms with Crippen molar-refractivity contribution in [3.05, 3.63) is 65.0 Å². The van der Waals surface area contributed by atoms with E-state index in [0.29, 0.717) is 69.7 Å². The summed E-state index contributed by atoms with van der Waals surface area (Å²) < 4.78 is 57.9. The maximum Gasteiger partial charge on any atom is 0.419 e. The number of aliphatic carboxylic acids is 1. The number of aliphatic hydroxyl groups is 1. The van der Waals surface area contributed by atoms with Crippen molar-refractivity contribution in [2.75, 3.05) is 11.9 Å². The summed E-state index contributed by atoms with van der Waals surface area (Å²) in [6.07, 6.45) is 0.139. The molecule has 244 valence electrons. The number of likely N-dealkylation sites (N-methyl/N-ethyl adjacent to an activating group) is 1. The predicted octanol–water partition coefficient (Wildman–Crippen LogP) is 6.52. The van der Waals surface area contributed by atoms with E-state index in [-0.39, 0.29) is 5.56 Å². The number of carbonyl (C=O) groups is 2. The number of amides is 1. The maximum absolute atomic E-state index is 16.0. The molecule has 2 aromatic rings. The normalized spacial score (nSPS) is 31.4. The van der Waals surface area contributed by atoms with Gasteiger partial charge in [-0.1, -0.05) is 56.5 Å². The number of carboxylic acid groups (broad SMARTS) is 1. The van der Waals surface area contributed by atoms with Gasteiger partial charge in [0.25, 0.3) is 0 Å². The highest BCUT2D eigenvalue weighted by molar-refractivity contribution is 5.85. The molecule has 45 heavy (non-hydrogen) atoms. The van der Waals surface area contributed by atoms with Gasteiger partial charge in [-0.05, 0) is 81.2 Å². The van der Waals surface area contributed by atoms with Gasteiger partial charge < -0.3 is 20.8 Å². The summed E-state index contributed by atoms with van der Waals surface area (Å²) in [4.78, 5) is 28.9. The van der Waals surface area contributed by atoms with Gasteiger partial charge in [0.15, 0.2) is 0 Å².